The number of hydrogen-bond donors (Lipinski definition) is 2. The standard InChI is InChI=1S/C15H29N3O/c1-2-10-18-11-5-6-13(8-12-18)17-14-7-3-4-9-16-15(14)19/h13-14,17H,2-12H2,1H3,(H,16,19). The van der Waals surface area contributed by atoms with Crippen LogP contribution in [0.15, 0.2) is 0 Å². The van der Waals surface area contributed by atoms with Gasteiger partial charge in [-0.1, -0.05) is 6.92 Å². The van der Waals surface area contributed by atoms with Gasteiger partial charge in [0.2, 0.25) is 5.91 Å². The second-order valence-electron chi connectivity index (χ2n) is 5.98. The molecular formula is C15H29N3O. The lowest BCUT2D eigenvalue weighted by atomic mass is 10.1. The first kappa shape index (κ1) is 14.8. The Labute approximate surface area is 117 Å². The van der Waals surface area contributed by atoms with Gasteiger partial charge in [-0.15, -0.1) is 0 Å². The normalized spacial score (nSPS) is 30.5. The molecule has 0 aromatic carbocycles. The van der Waals surface area contributed by atoms with Gasteiger partial charge >= 0.3 is 0 Å². The zero-order valence-corrected chi connectivity index (χ0v) is 12.3. The molecule has 0 aromatic heterocycles. The maximum absolute atomic E-state index is 12.0. The average molecular weight is 267 g/mol. The highest BCUT2D eigenvalue weighted by Gasteiger charge is 2.24. The largest absolute Gasteiger partial charge is 0.355 e. The number of rotatable bonds is 4. The van der Waals surface area contributed by atoms with Crippen molar-refractivity contribution in [1.82, 2.24) is 15.5 Å². The van der Waals surface area contributed by atoms with Crippen LogP contribution in [0.2, 0.25) is 0 Å². The van der Waals surface area contributed by atoms with Crippen LogP contribution >= 0.6 is 0 Å². The van der Waals surface area contributed by atoms with Gasteiger partial charge in [0, 0.05) is 12.6 Å². The quantitative estimate of drug-likeness (QED) is 0.811. The van der Waals surface area contributed by atoms with E-state index in [0.29, 0.717) is 6.04 Å². The van der Waals surface area contributed by atoms with Crippen LogP contribution in [0.4, 0.5) is 0 Å². The molecule has 2 N–H and O–H groups in total. The summed E-state index contributed by atoms with van der Waals surface area (Å²) >= 11 is 0. The van der Waals surface area contributed by atoms with Crippen LogP contribution in [0.25, 0.3) is 0 Å². The molecule has 110 valence electrons. The molecule has 2 atom stereocenters. The summed E-state index contributed by atoms with van der Waals surface area (Å²) in [4.78, 5) is 14.5. The molecule has 4 heteroatoms. The van der Waals surface area contributed by atoms with Gasteiger partial charge < -0.3 is 15.5 Å². The molecule has 2 aliphatic heterocycles. The van der Waals surface area contributed by atoms with Gasteiger partial charge in [0.1, 0.15) is 0 Å². The fraction of sp³-hybridized carbons (Fsp3) is 0.933. The Balaban J connectivity index is 1.79. The monoisotopic (exact) mass is 267 g/mol. The summed E-state index contributed by atoms with van der Waals surface area (Å²) < 4.78 is 0. The third kappa shape index (κ3) is 4.77. The molecule has 2 saturated heterocycles. The minimum Gasteiger partial charge on any atom is -0.355 e. The van der Waals surface area contributed by atoms with Crippen molar-refractivity contribution in [2.45, 2.75) is 64.0 Å². The van der Waals surface area contributed by atoms with Crippen molar-refractivity contribution in [3.63, 3.8) is 0 Å². The SMILES string of the molecule is CCCN1CCCC(NC2CCCCNC2=O)CC1. The van der Waals surface area contributed by atoms with Gasteiger partial charge in [0.25, 0.3) is 0 Å². The van der Waals surface area contributed by atoms with Crippen molar-refractivity contribution in [1.29, 1.82) is 0 Å². The van der Waals surface area contributed by atoms with Crippen molar-refractivity contribution in [2.24, 2.45) is 0 Å². The second-order valence-corrected chi connectivity index (χ2v) is 5.98. The zero-order valence-electron chi connectivity index (χ0n) is 12.3. The molecule has 0 radical (unpaired) electrons. The molecule has 2 heterocycles. The first-order valence-corrected chi connectivity index (χ1v) is 8.05. The topological polar surface area (TPSA) is 44.4 Å². The molecule has 2 fully saturated rings. The fourth-order valence-corrected chi connectivity index (χ4v) is 3.25. The Morgan fingerprint density at radius 1 is 1.21 bits per heavy atom. The number of nitrogens with one attached hydrogen (secondary N) is 2. The fourth-order valence-electron chi connectivity index (χ4n) is 3.25. The van der Waals surface area contributed by atoms with Gasteiger partial charge in [0.05, 0.1) is 6.04 Å². The highest BCUT2D eigenvalue weighted by Crippen LogP contribution is 2.14. The lowest BCUT2D eigenvalue weighted by molar-refractivity contribution is -0.123. The predicted octanol–water partition coefficient (Wildman–Crippen LogP) is 1.51. The van der Waals surface area contributed by atoms with E-state index in [9.17, 15) is 4.79 Å². The van der Waals surface area contributed by atoms with E-state index in [1.165, 1.54) is 45.3 Å². The highest BCUT2D eigenvalue weighted by atomic mass is 16.2. The van der Waals surface area contributed by atoms with Gasteiger partial charge in [-0.05, 0) is 64.6 Å². The summed E-state index contributed by atoms with van der Waals surface area (Å²) in [7, 11) is 0. The second kappa shape index (κ2) is 7.85. The molecule has 0 bridgehead atoms. The van der Waals surface area contributed by atoms with E-state index in [1.807, 2.05) is 0 Å². The average Bonchev–Trinajstić information content (AvgIpc) is 2.73. The number of carbonyl (C=O) groups excluding carboxylic acids is 1. The molecule has 0 aromatic rings. The number of likely N-dealkylation sites (tertiary alicyclic amines) is 1. The summed E-state index contributed by atoms with van der Waals surface area (Å²) in [6.45, 7) is 6.72. The van der Waals surface area contributed by atoms with Crippen molar-refractivity contribution >= 4 is 5.91 Å². The molecule has 0 saturated carbocycles. The molecule has 1 amide bonds. The smallest absolute Gasteiger partial charge is 0.237 e. The number of amides is 1. The van der Waals surface area contributed by atoms with Crippen LogP contribution in [-0.4, -0.2) is 49.1 Å². The van der Waals surface area contributed by atoms with Gasteiger partial charge in [-0.2, -0.15) is 0 Å². The minimum absolute atomic E-state index is 0.0465. The molecule has 0 aliphatic carbocycles. The third-order valence-electron chi connectivity index (χ3n) is 4.33. The summed E-state index contributed by atoms with van der Waals surface area (Å²) in [6.07, 6.45) is 8.17. The first-order chi connectivity index (χ1) is 9.29. The van der Waals surface area contributed by atoms with Crippen molar-refractivity contribution in [3.8, 4) is 0 Å². The lowest BCUT2D eigenvalue weighted by Crippen LogP contribution is -2.47. The summed E-state index contributed by atoms with van der Waals surface area (Å²) in [5.74, 6) is 0.215. The van der Waals surface area contributed by atoms with Crippen molar-refractivity contribution < 1.29 is 4.79 Å². The first-order valence-electron chi connectivity index (χ1n) is 8.05. The van der Waals surface area contributed by atoms with Crippen molar-refractivity contribution in [3.05, 3.63) is 0 Å². The lowest BCUT2D eigenvalue weighted by Gasteiger charge is -2.23. The Morgan fingerprint density at radius 2 is 2.11 bits per heavy atom. The minimum atomic E-state index is 0.0465. The number of hydrogen-bond acceptors (Lipinski definition) is 3. The molecule has 4 nitrogen and oxygen atoms in total. The predicted molar refractivity (Wildman–Crippen MR) is 78.2 cm³/mol. The van der Waals surface area contributed by atoms with Gasteiger partial charge in [-0.25, -0.2) is 0 Å². The molecule has 2 unspecified atom stereocenters. The molecule has 19 heavy (non-hydrogen) atoms. The molecule has 0 spiro atoms. The Bertz CT molecular complexity index is 283. The molecule has 2 rings (SSSR count). The van der Waals surface area contributed by atoms with E-state index in [1.54, 1.807) is 0 Å². The van der Waals surface area contributed by atoms with E-state index >= 15 is 0 Å². The van der Waals surface area contributed by atoms with Crippen LogP contribution in [0.5, 0.6) is 0 Å². The van der Waals surface area contributed by atoms with Gasteiger partial charge in [0.15, 0.2) is 0 Å². The number of carbonyl (C=O) groups is 1. The Kier molecular flexibility index (Phi) is 6.11. The summed E-state index contributed by atoms with van der Waals surface area (Å²) in [5.41, 5.74) is 0. The summed E-state index contributed by atoms with van der Waals surface area (Å²) in [6, 6.07) is 0.570. The Hall–Kier alpha value is -0.610. The van der Waals surface area contributed by atoms with E-state index in [0.717, 1.165) is 25.8 Å². The van der Waals surface area contributed by atoms with E-state index in [2.05, 4.69) is 22.5 Å². The maximum atomic E-state index is 12.0. The summed E-state index contributed by atoms with van der Waals surface area (Å²) in [5, 5.41) is 6.63. The van der Waals surface area contributed by atoms with Crippen LogP contribution in [0, 0.1) is 0 Å². The van der Waals surface area contributed by atoms with E-state index in [4.69, 9.17) is 0 Å². The molecule has 2 aliphatic rings. The maximum Gasteiger partial charge on any atom is 0.237 e. The van der Waals surface area contributed by atoms with E-state index in [-0.39, 0.29) is 11.9 Å². The van der Waals surface area contributed by atoms with Crippen LogP contribution < -0.4 is 10.6 Å². The highest BCUT2D eigenvalue weighted by molar-refractivity contribution is 5.81. The van der Waals surface area contributed by atoms with Crippen LogP contribution in [0.3, 0.4) is 0 Å². The molecular weight excluding hydrogens is 238 g/mol. The Morgan fingerprint density at radius 3 is 2.95 bits per heavy atom. The van der Waals surface area contributed by atoms with Crippen molar-refractivity contribution in [2.75, 3.05) is 26.2 Å². The van der Waals surface area contributed by atoms with Crippen LogP contribution in [-0.2, 0) is 4.79 Å². The van der Waals surface area contributed by atoms with E-state index < -0.39 is 0 Å². The number of nitrogens with zero attached hydrogens (tertiary/aromatic N) is 1. The van der Waals surface area contributed by atoms with Gasteiger partial charge in [-0.3, -0.25) is 4.79 Å². The zero-order chi connectivity index (χ0) is 13.5. The van der Waals surface area contributed by atoms with Crippen LogP contribution in [0.1, 0.15) is 51.9 Å². The third-order valence-corrected chi connectivity index (χ3v) is 4.33.